The van der Waals surface area contributed by atoms with Gasteiger partial charge >= 0.3 is 5.97 Å². The second kappa shape index (κ2) is 4.09. The minimum atomic E-state index is -0.583. The molecule has 0 aliphatic carbocycles. The molecule has 2 heterocycles. The molecule has 0 atom stereocenters. The average Bonchev–Trinajstić information content (AvgIpc) is 2.87. The van der Waals surface area contributed by atoms with Gasteiger partial charge in [0, 0.05) is 0 Å². The predicted octanol–water partition coefficient (Wildman–Crippen LogP) is -0.196. The molecule has 0 amide bonds. The maximum Gasteiger partial charge on any atom is 0.377 e. The standard InChI is InChI=1S/C8H9N5O3/c1-5-10-6(16-12-5)3-13-4-9-7(11-13)8(14)15-2/h4H,3H2,1-2H3. The van der Waals surface area contributed by atoms with E-state index >= 15 is 0 Å². The van der Waals surface area contributed by atoms with Gasteiger partial charge in [0.2, 0.25) is 5.89 Å². The Labute approximate surface area is 90.2 Å². The van der Waals surface area contributed by atoms with Gasteiger partial charge < -0.3 is 9.26 Å². The number of methoxy groups -OCH3 is 1. The first-order valence-corrected chi connectivity index (χ1v) is 4.46. The van der Waals surface area contributed by atoms with Gasteiger partial charge in [-0.1, -0.05) is 5.16 Å². The molecule has 0 fully saturated rings. The molecule has 2 aromatic heterocycles. The lowest BCUT2D eigenvalue weighted by Gasteiger charge is -1.93. The number of rotatable bonds is 3. The first-order chi connectivity index (χ1) is 7.69. The van der Waals surface area contributed by atoms with Crippen LogP contribution in [0, 0.1) is 6.92 Å². The molecule has 84 valence electrons. The molecule has 2 rings (SSSR count). The van der Waals surface area contributed by atoms with Crippen LogP contribution in [0.5, 0.6) is 0 Å². The van der Waals surface area contributed by atoms with E-state index in [-0.39, 0.29) is 12.4 Å². The number of carbonyl (C=O) groups excluding carboxylic acids is 1. The lowest BCUT2D eigenvalue weighted by molar-refractivity contribution is 0.0586. The Hall–Kier alpha value is -2.25. The van der Waals surface area contributed by atoms with E-state index in [0.717, 1.165) is 0 Å². The third kappa shape index (κ3) is 2.05. The van der Waals surface area contributed by atoms with Crippen LogP contribution in [0.25, 0.3) is 0 Å². The summed E-state index contributed by atoms with van der Waals surface area (Å²) in [5.74, 6) is 0.362. The lowest BCUT2D eigenvalue weighted by atomic mass is 10.6. The number of esters is 1. The van der Waals surface area contributed by atoms with E-state index in [1.165, 1.54) is 18.1 Å². The quantitative estimate of drug-likeness (QED) is 0.665. The van der Waals surface area contributed by atoms with Crippen molar-refractivity contribution in [3.05, 3.63) is 23.9 Å². The van der Waals surface area contributed by atoms with Crippen molar-refractivity contribution in [2.24, 2.45) is 0 Å². The third-order valence-corrected chi connectivity index (χ3v) is 1.77. The number of aromatic nitrogens is 5. The molecule has 8 heteroatoms. The summed E-state index contributed by atoms with van der Waals surface area (Å²) in [5.41, 5.74) is 0. The minimum Gasteiger partial charge on any atom is -0.463 e. The second-order valence-corrected chi connectivity index (χ2v) is 2.99. The van der Waals surface area contributed by atoms with Crippen LogP contribution < -0.4 is 0 Å². The maximum absolute atomic E-state index is 11.1. The highest BCUT2D eigenvalue weighted by molar-refractivity contribution is 5.84. The topological polar surface area (TPSA) is 95.9 Å². The van der Waals surface area contributed by atoms with Gasteiger partial charge in [-0.05, 0) is 6.92 Å². The van der Waals surface area contributed by atoms with E-state index in [4.69, 9.17) is 4.52 Å². The number of hydrogen-bond donors (Lipinski definition) is 0. The summed E-state index contributed by atoms with van der Waals surface area (Å²) in [6.07, 6.45) is 1.39. The number of nitrogens with zero attached hydrogens (tertiary/aromatic N) is 5. The molecule has 0 N–H and O–H groups in total. The van der Waals surface area contributed by atoms with Gasteiger partial charge in [-0.25, -0.2) is 14.5 Å². The van der Waals surface area contributed by atoms with Gasteiger partial charge in [0.05, 0.1) is 7.11 Å². The molecular weight excluding hydrogens is 214 g/mol. The predicted molar refractivity (Wildman–Crippen MR) is 49.5 cm³/mol. The van der Waals surface area contributed by atoms with Crippen molar-refractivity contribution in [2.75, 3.05) is 7.11 Å². The zero-order valence-electron chi connectivity index (χ0n) is 8.75. The fourth-order valence-corrected chi connectivity index (χ4v) is 1.10. The fourth-order valence-electron chi connectivity index (χ4n) is 1.10. The van der Waals surface area contributed by atoms with E-state index in [9.17, 15) is 4.79 Å². The molecule has 8 nitrogen and oxygen atoms in total. The van der Waals surface area contributed by atoms with Gasteiger partial charge in [0.15, 0.2) is 5.82 Å². The molecular formula is C8H9N5O3. The molecule has 0 aliphatic rings. The van der Waals surface area contributed by atoms with Crippen LogP contribution in [0.3, 0.4) is 0 Å². The monoisotopic (exact) mass is 223 g/mol. The molecule has 0 bridgehead atoms. The van der Waals surface area contributed by atoms with Crippen molar-refractivity contribution >= 4 is 5.97 Å². The van der Waals surface area contributed by atoms with Crippen LogP contribution in [0.1, 0.15) is 22.3 Å². The molecule has 0 saturated heterocycles. The number of carbonyl (C=O) groups is 1. The van der Waals surface area contributed by atoms with Crippen molar-refractivity contribution in [1.29, 1.82) is 0 Å². The highest BCUT2D eigenvalue weighted by atomic mass is 16.5. The average molecular weight is 223 g/mol. The van der Waals surface area contributed by atoms with Crippen LogP contribution in [-0.2, 0) is 11.3 Å². The summed E-state index contributed by atoms with van der Waals surface area (Å²) < 4.78 is 10.8. The Morgan fingerprint density at radius 2 is 2.44 bits per heavy atom. The van der Waals surface area contributed by atoms with Gasteiger partial charge in [-0.2, -0.15) is 4.98 Å². The number of hydrogen-bond acceptors (Lipinski definition) is 7. The van der Waals surface area contributed by atoms with E-state index in [2.05, 4.69) is 25.0 Å². The molecule has 0 unspecified atom stereocenters. The van der Waals surface area contributed by atoms with E-state index in [1.54, 1.807) is 6.92 Å². The first-order valence-electron chi connectivity index (χ1n) is 4.46. The van der Waals surface area contributed by atoms with Crippen LogP contribution in [0.4, 0.5) is 0 Å². The van der Waals surface area contributed by atoms with Gasteiger partial charge in [-0.3, -0.25) is 0 Å². The maximum atomic E-state index is 11.1. The van der Waals surface area contributed by atoms with Crippen molar-refractivity contribution in [2.45, 2.75) is 13.5 Å². The zero-order valence-corrected chi connectivity index (χ0v) is 8.75. The zero-order chi connectivity index (χ0) is 11.5. The summed E-state index contributed by atoms with van der Waals surface area (Å²) >= 11 is 0. The van der Waals surface area contributed by atoms with E-state index in [0.29, 0.717) is 11.7 Å². The molecule has 0 spiro atoms. The Morgan fingerprint density at radius 3 is 3.06 bits per heavy atom. The molecule has 2 aromatic rings. The van der Waals surface area contributed by atoms with Crippen LogP contribution in [0.15, 0.2) is 10.9 Å². The molecule has 0 aliphatic heterocycles. The Balaban J connectivity index is 2.11. The highest BCUT2D eigenvalue weighted by Gasteiger charge is 2.12. The summed E-state index contributed by atoms with van der Waals surface area (Å²) in [6.45, 7) is 1.99. The molecule has 16 heavy (non-hydrogen) atoms. The van der Waals surface area contributed by atoms with Gasteiger partial charge in [0.1, 0.15) is 12.9 Å². The fraction of sp³-hybridized carbons (Fsp3) is 0.375. The molecule has 0 aromatic carbocycles. The molecule has 0 radical (unpaired) electrons. The first kappa shape index (κ1) is 10.3. The second-order valence-electron chi connectivity index (χ2n) is 2.99. The summed E-state index contributed by atoms with van der Waals surface area (Å²) in [7, 11) is 1.27. The third-order valence-electron chi connectivity index (χ3n) is 1.77. The summed E-state index contributed by atoms with van der Waals surface area (Å²) in [5, 5.41) is 7.52. The van der Waals surface area contributed by atoms with Crippen molar-refractivity contribution in [3.8, 4) is 0 Å². The van der Waals surface area contributed by atoms with E-state index in [1.807, 2.05) is 0 Å². The highest BCUT2D eigenvalue weighted by Crippen LogP contribution is 1.99. The Bertz CT molecular complexity index is 503. The smallest absolute Gasteiger partial charge is 0.377 e. The Morgan fingerprint density at radius 1 is 1.62 bits per heavy atom. The van der Waals surface area contributed by atoms with Crippen LogP contribution >= 0.6 is 0 Å². The summed E-state index contributed by atoms with van der Waals surface area (Å²) in [4.78, 5) is 18.8. The minimum absolute atomic E-state index is 0.00117. The normalized spacial score (nSPS) is 10.4. The van der Waals surface area contributed by atoms with E-state index < -0.39 is 5.97 Å². The van der Waals surface area contributed by atoms with Gasteiger partial charge in [-0.15, -0.1) is 5.10 Å². The number of ether oxygens (including phenoxy) is 1. The van der Waals surface area contributed by atoms with Crippen molar-refractivity contribution in [1.82, 2.24) is 24.9 Å². The van der Waals surface area contributed by atoms with Crippen LogP contribution in [0.2, 0.25) is 0 Å². The molecule has 0 saturated carbocycles. The largest absolute Gasteiger partial charge is 0.463 e. The lowest BCUT2D eigenvalue weighted by Crippen LogP contribution is -2.06. The Kier molecular flexibility index (Phi) is 2.63. The van der Waals surface area contributed by atoms with Gasteiger partial charge in [0.25, 0.3) is 5.82 Å². The van der Waals surface area contributed by atoms with Crippen molar-refractivity contribution < 1.29 is 14.1 Å². The summed E-state index contributed by atoms with van der Waals surface area (Å²) in [6, 6.07) is 0. The number of aryl methyl sites for hydroxylation is 1. The van der Waals surface area contributed by atoms with Crippen LogP contribution in [-0.4, -0.2) is 38.0 Å². The SMILES string of the molecule is COC(=O)c1ncn(Cc2nc(C)no2)n1. The van der Waals surface area contributed by atoms with Crippen molar-refractivity contribution in [3.63, 3.8) is 0 Å².